The number of hydrogen-bond donors (Lipinski definition) is 1. The molecule has 3 rings (SSSR count). The summed E-state index contributed by atoms with van der Waals surface area (Å²) >= 11 is 1.68. The largest absolute Gasteiger partial charge is 0.480 e. The zero-order valence-electron chi connectivity index (χ0n) is 12.7. The summed E-state index contributed by atoms with van der Waals surface area (Å²) in [5.74, 6) is 1.36. The molecule has 0 unspecified atom stereocenters. The molecule has 0 radical (unpaired) electrons. The third-order valence-corrected chi connectivity index (χ3v) is 4.16. The van der Waals surface area contributed by atoms with E-state index in [0.29, 0.717) is 5.88 Å². The highest BCUT2D eigenvalue weighted by atomic mass is 32.1. The topological polar surface area (TPSA) is 60.2 Å². The van der Waals surface area contributed by atoms with Gasteiger partial charge in [-0.1, -0.05) is 5.16 Å². The van der Waals surface area contributed by atoms with Crippen molar-refractivity contribution in [1.29, 1.82) is 0 Å². The Bertz CT molecular complexity index is 746. The number of aromatic nitrogens is 2. The quantitative estimate of drug-likeness (QED) is 0.770. The first-order valence-corrected chi connectivity index (χ1v) is 7.85. The van der Waals surface area contributed by atoms with Gasteiger partial charge >= 0.3 is 0 Å². The van der Waals surface area contributed by atoms with E-state index < -0.39 is 0 Å². The van der Waals surface area contributed by atoms with Crippen LogP contribution in [0, 0.1) is 13.8 Å². The summed E-state index contributed by atoms with van der Waals surface area (Å²) in [5, 5.41) is 11.6. The van der Waals surface area contributed by atoms with Gasteiger partial charge in [-0.3, -0.25) is 0 Å². The molecular formula is C16H17N3O2S. The van der Waals surface area contributed by atoms with E-state index >= 15 is 0 Å². The summed E-state index contributed by atoms with van der Waals surface area (Å²) in [4.78, 5) is 4.38. The molecule has 0 aliphatic carbocycles. The number of aryl methyl sites for hydroxylation is 2. The Hall–Kier alpha value is -2.34. The van der Waals surface area contributed by atoms with E-state index in [0.717, 1.165) is 34.8 Å². The van der Waals surface area contributed by atoms with E-state index in [-0.39, 0.29) is 0 Å². The van der Waals surface area contributed by atoms with E-state index in [2.05, 4.69) is 32.3 Å². The molecule has 5 nitrogen and oxygen atoms in total. The molecule has 3 heterocycles. The highest BCUT2D eigenvalue weighted by Crippen LogP contribution is 2.32. The number of ether oxygens (including phenoxy) is 1. The molecule has 0 saturated heterocycles. The van der Waals surface area contributed by atoms with Gasteiger partial charge in [0.1, 0.15) is 5.76 Å². The fourth-order valence-corrected chi connectivity index (χ4v) is 3.03. The minimum absolute atomic E-state index is 0.575. The first-order chi connectivity index (χ1) is 10.7. The lowest BCUT2D eigenvalue weighted by Crippen LogP contribution is -2.02. The summed E-state index contributed by atoms with van der Waals surface area (Å²) in [6.45, 7) is 4.55. The molecule has 0 aliphatic heterocycles. The fraction of sp³-hybridized carbons (Fsp3) is 0.250. The highest BCUT2D eigenvalue weighted by molar-refractivity contribution is 7.07. The normalized spacial score (nSPS) is 10.7. The molecule has 0 aliphatic rings. The van der Waals surface area contributed by atoms with Crippen LogP contribution in [-0.4, -0.2) is 17.3 Å². The van der Waals surface area contributed by atoms with Gasteiger partial charge in [0, 0.05) is 23.9 Å². The zero-order valence-corrected chi connectivity index (χ0v) is 13.5. The van der Waals surface area contributed by atoms with Crippen molar-refractivity contribution in [3.8, 4) is 17.0 Å². The summed E-state index contributed by atoms with van der Waals surface area (Å²) in [6.07, 6.45) is 1.78. The minimum Gasteiger partial charge on any atom is -0.480 e. The first-order valence-electron chi connectivity index (χ1n) is 6.91. The van der Waals surface area contributed by atoms with Crippen molar-refractivity contribution in [2.75, 3.05) is 12.4 Å². The Morgan fingerprint density at radius 3 is 2.86 bits per heavy atom. The lowest BCUT2D eigenvalue weighted by atomic mass is 10.1. The number of pyridine rings is 1. The van der Waals surface area contributed by atoms with Gasteiger partial charge in [-0.25, -0.2) is 4.98 Å². The van der Waals surface area contributed by atoms with Gasteiger partial charge in [0.25, 0.3) is 0 Å². The third-order valence-electron chi connectivity index (χ3n) is 3.43. The average molecular weight is 315 g/mol. The Balaban J connectivity index is 1.92. The molecule has 114 valence electrons. The van der Waals surface area contributed by atoms with Crippen LogP contribution in [0.15, 0.2) is 33.6 Å². The lowest BCUT2D eigenvalue weighted by molar-refractivity contribution is 0.393. The van der Waals surface area contributed by atoms with E-state index in [1.54, 1.807) is 24.6 Å². The van der Waals surface area contributed by atoms with Gasteiger partial charge < -0.3 is 14.6 Å². The lowest BCUT2D eigenvalue weighted by Gasteiger charge is -2.11. The van der Waals surface area contributed by atoms with Crippen LogP contribution in [0.3, 0.4) is 0 Å². The second-order valence-corrected chi connectivity index (χ2v) is 5.75. The summed E-state index contributed by atoms with van der Waals surface area (Å²) in [5.41, 5.74) is 4.88. The number of nitrogens with zero attached hydrogens (tertiary/aromatic N) is 2. The van der Waals surface area contributed by atoms with Gasteiger partial charge in [-0.05, 0) is 42.3 Å². The Kier molecular flexibility index (Phi) is 4.11. The SMILES string of the molecule is COc1ncc(-c2c(C)noc2C)cc1NCc1ccsc1. The van der Waals surface area contributed by atoms with Crippen molar-refractivity contribution >= 4 is 17.0 Å². The molecule has 0 atom stereocenters. The molecule has 0 bridgehead atoms. The first kappa shape index (κ1) is 14.6. The van der Waals surface area contributed by atoms with Crippen molar-refractivity contribution in [1.82, 2.24) is 10.1 Å². The van der Waals surface area contributed by atoms with Crippen molar-refractivity contribution in [3.05, 3.63) is 46.1 Å². The van der Waals surface area contributed by atoms with E-state index in [4.69, 9.17) is 9.26 Å². The minimum atomic E-state index is 0.575. The van der Waals surface area contributed by atoms with Crippen LogP contribution in [0.25, 0.3) is 11.1 Å². The van der Waals surface area contributed by atoms with Gasteiger partial charge in [-0.15, -0.1) is 0 Å². The Morgan fingerprint density at radius 2 is 2.23 bits per heavy atom. The second kappa shape index (κ2) is 6.19. The van der Waals surface area contributed by atoms with Gasteiger partial charge in [-0.2, -0.15) is 11.3 Å². The molecular weight excluding hydrogens is 298 g/mol. The summed E-state index contributed by atoms with van der Waals surface area (Å²) in [6, 6.07) is 4.11. The van der Waals surface area contributed by atoms with Crippen LogP contribution in [0.2, 0.25) is 0 Å². The molecule has 0 saturated carbocycles. The van der Waals surface area contributed by atoms with E-state index in [1.165, 1.54) is 5.56 Å². The Labute approximate surface area is 132 Å². The number of nitrogens with one attached hydrogen (secondary N) is 1. The molecule has 6 heteroatoms. The van der Waals surface area contributed by atoms with Crippen LogP contribution >= 0.6 is 11.3 Å². The van der Waals surface area contributed by atoms with E-state index in [9.17, 15) is 0 Å². The number of thiophene rings is 1. The molecule has 0 amide bonds. The van der Waals surface area contributed by atoms with Crippen LogP contribution < -0.4 is 10.1 Å². The summed E-state index contributed by atoms with van der Waals surface area (Å²) < 4.78 is 10.6. The number of hydrogen-bond acceptors (Lipinski definition) is 6. The number of rotatable bonds is 5. The second-order valence-electron chi connectivity index (χ2n) is 4.97. The van der Waals surface area contributed by atoms with Gasteiger partial charge in [0.15, 0.2) is 0 Å². The molecule has 0 aromatic carbocycles. The van der Waals surface area contributed by atoms with Crippen LogP contribution in [0.5, 0.6) is 5.88 Å². The van der Waals surface area contributed by atoms with Crippen molar-refractivity contribution in [2.45, 2.75) is 20.4 Å². The van der Waals surface area contributed by atoms with Gasteiger partial charge in [0.2, 0.25) is 5.88 Å². The summed E-state index contributed by atoms with van der Waals surface area (Å²) in [7, 11) is 1.62. The van der Waals surface area contributed by atoms with Gasteiger partial charge in [0.05, 0.1) is 18.5 Å². The zero-order chi connectivity index (χ0) is 15.5. The maximum atomic E-state index is 5.34. The van der Waals surface area contributed by atoms with Crippen molar-refractivity contribution in [3.63, 3.8) is 0 Å². The van der Waals surface area contributed by atoms with Crippen molar-refractivity contribution < 1.29 is 9.26 Å². The van der Waals surface area contributed by atoms with E-state index in [1.807, 2.05) is 19.9 Å². The maximum absolute atomic E-state index is 5.34. The molecule has 22 heavy (non-hydrogen) atoms. The predicted octanol–water partition coefficient (Wildman–Crippen LogP) is 4.04. The van der Waals surface area contributed by atoms with Crippen LogP contribution in [-0.2, 0) is 6.54 Å². The Morgan fingerprint density at radius 1 is 1.36 bits per heavy atom. The smallest absolute Gasteiger partial charge is 0.237 e. The average Bonchev–Trinajstić information content (AvgIpc) is 3.15. The molecule has 3 aromatic rings. The monoisotopic (exact) mass is 315 g/mol. The molecule has 0 fully saturated rings. The van der Waals surface area contributed by atoms with Crippen molar-refractivity contribution in [2.24, 2.45) is 0 Å². The molecule has 1 N–H and O–H groups in total. The van der Waals surface area contributed by atoms with Crippen LogP contribution in [0.1, 0.15) is 17.0 Å². The maximum Gasteiger partial charge on any atom is 0.237 e. The van der Waals surface area contributed by atoms with Crippen LogP contribution in [0.4, 0.5) is 5.69 Å². The fourth-order valence-electron chi connectivity index (χ4n) is 2.36. The highest BCUT2D eigenvalue weighted by Gasteiger charge is 2.14. The number of methoxy groups -OCH3 is 1. The standard InChI is InChI=1S/C16H17N3O2S/c1-10-15(11(2)21-19-10)13-6-14(16(20-3)18-8-13)17-7-12-4-5-22-9-12/h4-6,8-9,17H,7H2,1-3H3. The predicted molar refractivity (Wildman–Crippen MR) is 87.4 cm³/mol. The number of anilines is 1. The third kappa shape index (κ3) is 2.82. The molecule has 3 aromatic heterocycles. The molecule has 0 spiro atoms.